The molecule has 1 heterocycles. The molecule has 0 aromatic heterocycles. The number of hydrogen-bond donors (Lipinski definition) is 2. The van der Waals surface area contributed by atoms with Crippen LogP contribution in [-0.4, -0.2) is 30.0 Å². The number of piperidine rings is 1. The first kappa shape index (κ1) is 13.2. The normalized spacial score (nSPS) is 20.6. The molecule has 1 aromatic rings. The predicted octanol–water partition coefficient (Wildman–Crippen LogP) is 1.72. The summed E-state index contributed by atoms with van der Waals surface area (Å²) in [6.45, 7) is 5.49. The SMILES string of the molecule is CC(N)Oc1ccc(N2CCC(C)(O)CC2)cc1. The highest BCUT2D eigenvalue weighted by molar-refractivity contribution is 5.49. The van der Waals surface area contributed by atoms with Crippen LogP contribution in [0.25, 0.3) is 0 Å². The van der Waals surface area contributed by atoms with E-state index in [9.17, 15) is 5.11 Å². The molecule has 18 heavy (non-hydrogen) atoms. The number of ether oxygens (including phenoxy) is 1. The van der Waals surface area contributed by atoms with E-state index in [0.29, 0.717) is 0 Å². The fourth-order valence-electron chi connectivity index (χ4n) is 2.20. The summed E-state index contributed by atoms with van der Waals surface area (Å²) in [6.07, 6.45) is 1.33. The van der Waals surface area contributed by atoms with Gasteiger partial charge in [-0.1, -0.05) is 0 Å². The van der Waals surface area contributed by atoms with E-state index < -0.39 is 5.60 Å². The van der Waals surface area contributed by atoms with Gasteiger partial charge in [-0.2, -0.15) is 0 Å². The molecule has 4 heteroatoms. The van der Waals surface area contributed by atoms with E-state index >= 15 is 0 Å². The van der Waals surface area contributed by atoms with Crippen LogP contribution < -0.4 is 15.4 Å². The number of aliphatic hydroxyl groups is 1. The van der Waals surface area contributed by atoms with E-state index in [-0.39, 0.29) is 6.23 Å². The maximum Gasteiger partial charge on any atom is 0.144 e. The van der Waals surface area contributed by atoms with Crippen molar-refractivity contribution in [1.29, 1.82) is 0 Å². The van der Waals surface area contributed by atoms with Gasteiger partial charge in [-0.05, 0) is 51.0 Å². The third-order valence-electron chi connectivity index (χ3n) is 3.36. The van der Waals surface area contributed by atoms with Crippen LogP contribution in [0.1, 0.15) is 26.7 Å². The highest BCUT2D eigenvalue weighted by atomic mass is 16.5. The largest absolute Gasteiger partial charge is 0.476 e. The highest BCUT2D eigenvalue weighted by Gasteiger charge is 2.27. The summed E-state index contributed by atoms with van der Waals surface area (Å²) < 4.78 is 5.41. The molecule has 2 rings (SSSR count). The Morgan fingerprint density at radius 1 is 1.28 bits per heavy atom. The molecule has 0 bridgehead atoms. The zero-order valence-electron chi connectivity index (χ0n) is 11.1. The zero-order valence-corrected chi connectivity index (χ0v) is 11.1. The number of hydrogen-bond acceptors (Lipinski definition) is 4. The van der Waals surface area contributed by atoms with Crippen molar-refractivity contribution in [2.45, 2.75) is 38.5 Å². The lowest BCUT2D eigenvalue weighted by atomic mass is 9.93. The van der Waals surface area contributed by atoms with Crippen LogP contribution in [0, 0.1) is 0 Å². The Bertz CT molecular complexity index is 377. The van der Waals surface area contributed by atoms with Crippen LogP contribution in [0.2, 0.25) is 0 Å². The number of benzene rings is 1. The molecule has 1 unspecified atom stereocenters. The van der Waals surface area contributed by atoms with Crippen molar-refractivity contribution >= 4 is 5.69 Å². The van der Waals surface area contributed by atoms with Crippen LogP contribution in [0.15, 0.2) is 24.3 Å². The molecule has 1 saturated heterocycles. The second-order valence-corrected chi connectivity index (χ2v) is 5.30. The lowest BCUT2D eigenvalue weighted by Crippen LogP contribution is -2.42. The Balaban J connectivity index is 1.98. The van der Waals surface area contributed by atoms with E-state index in [2.05, 4.69) is 4.90 Å². The van der Waals surface area contributed by atoms with Gasteiger partial charge in [-0.15, -0.1) is 0 Å². The smallest absolute Gasteiger partial charge is 0.144 e. The summed E-state index contributed by atoms with van der Waals surface area (Å²) in [5.74, 6) is 0.790. The van der Waals surface area contributed by atoms with Crippen molar-refractivity contribution in [3.8, 4) is 5.75 Å². The fraction of sp³-hybridized carbons (Fsp3) is 0.571. The van der Waals surface area contributed by atoms with E-state index in [1.807, 2.05) is 31.2 Å². The zero-order chi connectivity index (χ0) is 13.2. The molecule has 3 N–H and O–H groups in total. The molecule has 0 spiro atoms. The van der Waals surface area contributed by atoms with E-state index in [0.717, 1.165) is 31.7 Å². The maximum absolute atomic E-state index is 9.92. The molecule has 0 saturated carbocycles. The number of nitrogens with zero attached hydrogens (tertiary/aromatic N) is 1. The fourth-order valence-corrected chi connectivity index (χ4v) is 2.20. The van der Waals surface area contributed by atoms with Gasteiger partial charge in [0.25, 0.3) is 0 Å². The van der Waals surface area contributed by atoms with Crippen LogP contribution in [-0.2, 0) is 0 Å². The van der Waals surface area contributed by atoms with Crippen molar-refractivity contribution < 1.29 is 9.84 Å². The van der Waals surface area contributed by atoms with E-state index in [1.54, 1.807) is 6.92 Å². The Morgan fingerprint density at radius 2 is 1.83 bits per heavy atom. The van der Waals surface area contributed by atoms with Gasteiger partial charge < -0.3 is 14.7 Å². The van der Waals surface area contributed by atoms with Crippen LogP contribution in [0.3, 0.4) is 0 Å². The van der Waals surface area contributed by atoms with Gasteiger partial charge in [-0.3, -0.25) is 5.73 Å². The van der Waals surface area contributed by atoms with Crippen LogP contribution in [0.5, 0.6) is 5.75 Å². The van der Waals surface area contributed by atoms with Crippen LogP contribution in [0.4, 0.5) is 5.69 Å². The van der Waals surface area contributed by atoms with Crippen molar-refractivity contribution in [3.63, 3.8) is 0 Å². The second-order valence-electron chi connectivity index (χ2n) is 5.30. The molecule has 0 amide bonds. The molecule has 0 aliphatic carbocycles. The predicted molar refractivity (Wildman–Crippen MR) is 72.8 cm³/mol. The molecule has 1 atom stereocenters. The Kier molecular flexibility index (Phi) is 3.78. The molecule has 4 nitrogen and oxygen atoms in total. The van der Waals surface area contributed by atoms with E-state index in [1.165, 1.54) is 5.69 Å². The van der Waals surface area contributed by atoms with Gasteiger partial charge in [0.1, 0.15) is 12.0 Å². The average molecular weight is 250 g/mol. The van der Waals surface area contributed by atoms with E-state index in [4.69, 9.17) is 10.5 Å². The third-order valence-corrected chi connectivity index (χ3v) is 3.36. The molecule has 100 valence electrons. The van der Waals surface area contributed by atoms with Crippen LogP contribution >= 0.6 is 0 Å². The van der Waals surface area contributed by atoms with Gasteiger partial charge >= 0.3 is 0 Å². The third kappa shape index (κ3) is 3.37. The quantitative estimate of drug-likeness (QED) is 0.802. The van der Waals surface area contributed by atoms with Gasteiger partial charge in [0.15, 0.2) is 0 Å². The van der Waals surface area contributed by atoms with Gasteiger partial charge in [0.2, 0.25) is 0 Å². The van der Waals surface area contributed by atoms with Gasteiger partial charge in [-0.25, -0.2) is 0 Å². The van der Waals surface area contributed by atoms with Crippen molar-refractivity contribution in [3.05, 3.63) is 24.3 Å². The minimum absolute atomic E-state index is 0.291. The molecule has 1 aromatic carbocycles. The number of nitrogens with two attached hydrogens (primary N) is 1. The van der Waals surface area contributed by atoms with Crippen molar-refractivity contribution in [2.24, 2.45) is 5.73 Å². The maximum atomic E-state index is 9.92. The summed E-state index contributed by atoms with van der Waals surface area (Å²) in [7, 11) is 0. The molecule has 1 aliphatic rings. The summed E-state index contributed by atoms with van der Waals surface area (Å²) in [5.41, 5.74) is 6.24. The Hall–Kier alpha value is -1.26. The number of anilines is 1. The number of rotatable bonds is 3. The Morgan fingerprint density at radius 3 is 2.33 bits per heavy atom. The van der Waals surface area contributed by atoms with Gasteiger partial charge in [0, 0.05) is 18.8 Å². The standard InChI is InChI=1S/C14H22N2O2/c1-11(15)18-13-5-3-12(4-6-13)16-9-7-14(2,17)8-10-16/h3-6,11,17H,7-10,15H2,1-2H3. The highest BCUT2D eigenvalue weighted by Crippen LogP contribution is 2.27. The lowest BCUT2D eigenvalue weighted by Gasteiger charge is -2.37. The minimum atomic E-state index is -0.505. The summed E-state index contributed by atoms with van der Waals surface area (Å²) >= 11 is 0. The van der Waals surface area contributed by atoms with Gasteiger partial charge in [0.05, 0.1) is 5.60 Å². The first-order valence-electron chi connectivity index (χ1n) is 6.46. The summed E-state index contributed by atoms with van der Waals surface area (Å²) in [6, 6.07) is 7.95. The lowest BCUT2D eigenvalue weighted by molar-refractivity contribution is 0.0351. The molecular formula is C14H22N2O2. The molecule has 1 fully saturated rings. The topological polar surface area (TPSA) is 58.7 Å². The molecule has 0 radical (unpaired) electrons. The van der Waals surface area contributed by atoms with Crippen molar-refractivity contribution in [1.82, 2.24) is 0 Å². The monoisotopic (exact) mass is 250 g/mol. The molecule has 1 aliphatic heterocycles. The first-order valence-corrected chi connectivity index (χ1v) is 6.46. The minimum Gasteiger partial charge on any atom is -0.476 e. The first-order chi connectivity index (χ1) is 8.46. The second kappa shape index (κ2) is 5.16. The molecular weight excluding hydrogens is 228 g/mol. The Labute approximate surface area is 108 Å². The van der Waals surface area contributed by atoms with Crippen molar-refractivity contribution in [2.75, 3.05) is 18.0 Å². The average Bonchev–Trinajstić information content (AvgIpc) is 2.30. The summed E-state index contributed by atoms with van der Waals surface area (Å²) in [5, 5.41) is 9.92. The summed E-state index contributed by atoms with van der Waals surface area (Å²) in [4.78, 5) is 2.29.